The summed E-state index contributed by atoms with van der Waals surface area (Å²) in [6.45, 7) is 15.5. The molecule has 26 heavy (non-hydrogen) atoms. The van der Waals surface area contributed by atoms with Crippen LogP contribution in [0.3, 0.4) is 0 Å². The Bertz CT molecular complexity index is 464. The molecule has 0 spiro atoms. The van der Waals surface area contributed by atoms with Crippen molar-refractivity contribution < 1.29 is 14.3 Å². The van der Waals surface area contributed by atoms with E-state index in [0.717, 1.165) is 45.0 Å². The molecule has 7 heteroatoms. The summed E-state index contributed by atoms with van der Waals surface area (Å²) in [4.78, 5) is 18.5. The predicted molar refractivity (Wildman–Crippen MR) is 106 cm³/mol. The van der Waals surface area contributed by atoms with Crippen molar-refractivity contribution in [3.63, 3.8) is 0 Å². The zero-order chi connectivity index (χ0) is 19.8. The van der Waals surface area contributed by atoms with E-state index in [0.29, 0.717) is 12.5 Å². The zero-order valence-electron chi connectivity index (χ0n) is 17.6. The Morgan fingerprint density at radius 1 is 1.15 bits per heavy atom. The molecule has 1 rings (SSSR count). The van der Waals surface area contributed by atoms with Gasteiger partial charge in [0.1, 0.15) is 5.60 Å². The quantitative estimate of drug-likeness (QED) is 0.555. The molecule has 0 bridgehead atoms. The Kier molecular flexibility index (Phi) is 8.67. The van der Waals surface area contributed by atoms with Crippen LogP contribution in [0.25, 0.3) is 0 Å². The van der Waals surface area contributed by atoms with Crippen LogP contribution in [0.5, 0.6) is 0 Å². The highest BCUT2D eigenvalue weighted by molar-refractivity contribution is 5.79. The van der Waals surface area contributed by atoms with Gasteiger partial charge in [-0.05, 0) is 60.3 Å². The van der Waals surface area contributed by atoms with Gasteiger partial charge in [-0.2, -0.15) is 0 Å². The first-order valence-corrected chi connectivity index (χ1v) is 9.61. The van der Waals surface area contributed by atoms with E-state index in [1.54, 1.807) is 7.11 Å². The highest BCUT2D eigenvalue weighted by atomic mass is 16.6. The Balaban J connectivity index is 2.43. The van der Waals surface area contributed by atoms with Crippen LogP contribution in [0.4, 0.5) is 4.79 Å². The smallest absolute Gasteiger partial charge is 0.410 e. The second-order valence-electron chi connectivity index (χ2n) is 8.45. The maximum Gasteiger partial charge on any atom is 0.410 e. The number of methoxy groups -OCH3 is 1. The fraction of sp³-hybridized carbons (Fsp3) is 0.895. The van der Waals surface area contributed by atoms with Gasteiger partial charge in [-0.1, -0.05) is 0 Å². The minimum Gasteiger partial charge on any atom is -0.444 e. The highest BCUT2D eigenvalue weighted by Crippen LogP contribution is 2.19. The molecular formula is C19H38N4O3. The van der Waals surface area contributed by atoms with Gasteiger partial charge in [0.05, 0.1) is 12.1 Å². The first-order valence-electron chi connectivity index (χ1n) is 9.61. The molecule has 0 aromatic carbocycles. The summed E-state index contributed by atoms with van der Waals surface area (Å²) >= 11 is 0. The number of piperidine rings is 1. The molecule has 1 saturated heterocycles. The molecule has 0 unspecified atom stereocenters. The minimum atomic E-state index is -0.442. The van der Waals surface area contributed by atoms with Crippen LogP contribution in [-0.4, -0.2) is 68.0 Å². The highest BCUT2D eigenvalue weighted by Gasteiger charge is 2.26. The molecule has 0 radical (unpaired) electrons. The third kappa shape index (κ3) is 8.74. The second kappa shape index (κ2) is 10.00. The average Bonchev–Trinajstić information content (AvgIpc) is 2.56. The molecule has 0 saturated carbocycles. The molecule has 0 aliphatic carbocycles. The molecule has 0 aromatic heterocycles. The van der Waals surface area contributed by atoms with Gasteiger partial charge in [0.2, 0.25) is 0 Å². The second-order valence-corrected chi connectivity index (χ2v) is 8.45. The monoisotopic (exact) mass is 370 g/mol. The van der Waals surface area contributed by atoms with Crippen LogP contribution in [-0.2, 0) is 9.47 Å². The van der Waals surface area contributed by atoms with Gasteiger partial charge in [-0.15, -0.1) is 0 Å². The normalized spacial score (nSPS) is 17.2. The van der Waals surface area contributed by atoms with E-state index < -0.39 is 5.60 Å². The van der Waals surface area contributed by atoms with Crippen molar-refractivity contribution >= 4 is 12.1 Å². The van der Waals surface area contributed by atoms with Crippen LogP contribution >= 0.6 is 0 Å². The van der Waals surface area contributed by atoms with Gasteiger partial charge in [0.15, 0.2) is 5.96 Å². The number of guanidine groups is 1. The molecule has 152 valence electrons. The van der Waals surface area contributed by atoms with Crippen molar-refractivity contribution in [1.82, 2.24) is 15.5 Å². The summed E-state index contributed by atoms with van der Waals surface area (Å²) in [7, 11) is 1.70. The maximum atomic E-state index is 12.1. The summed E-state index contributed by atoms with van der Waals surface area (Å²) in [5, 5.41) is 6.69. The lowest BCUT2D eigenvalue weighted by Gasteiger charge is -2.33. The van der Waals surface area contributed by atoms with Crippen molar-refractivity contribution in [3.8, 4) is 0 Å². The van der Waals surface area contributed by atoms with Crippen LogP contribution in [0.2, 0.25) is 0 Å². The molecule has 1 heterocycles. The number of hydrogen-bond donors (Lipinski definition) is 2. The van der Waals surface area contributed by atoms with Crippen LogP contribution in [0, 0.1) is 5.92 Å². The van der Waals surface area contributed by atoms with Crippen molar-refractivity contribution in [2.24, 2.45) is 10.9 Å². The number of ether oxygens (including phenoxy) is 2. The predicted octanol–water partition coefficient (Wildman–Crippen LogP) is 2.61. The summed E-state index contributed by atoms with van der Waals surface area (Å²) in [5.74, 6) is 1.33. The van der Waals surface area contributed by atoms with E-state index >= 15 is 0 Å². The van der Waals surface area contributed by atoms with E-state index in [9.17, 15) is 4.79 Å². The number of aliphatic imine (C=N–C) groups is 1. The third-order valence-corrected chi connectivity index (χ3v) is 4.34. The van der Waals surface area contributed by atoms with E-state index in [1.165, 1.54) is 0 Å². The first-order chi connectivity index (χ1) is 12.1. The Labute approximate surface area is 158 Å². The molecule has 7 nitrogen and oxygen atoms in total. The van der Waals surface area contributed by atoms with Crippen molar-refractivity contribution in [1.29, 1.82) is 0 Å². The number of hydrogen-bond acceptors (Lipinski definition) is 4. The molecule has 0 atom stereocenters. The van der Waals surface area contributed by atoms with Crippen LogP contribution in [0.1, 0.15) is 54.4 Å². The van der Waals surface area contributed by atoms with E-state index in [2.05, 4.69) is 22.5 Å². The van der Waals surface area contributed by atoms with Crippen molar-refractivity contribution in [2.75, 3.05) is 39.8 Å². The van der Waals surface area contributed by atoms with Gasteiger partial charge >= 0.3 is 6.09 Å². The Morgan fingerprint density at radius 2 is 1.77 bits per heavy atom. The summed E-state index contributed by atoms with van der Waals surface area (Å²) in [5.41, 5.74) is -0.718. The number of carbonyl (C=O) groups is 1. The Morgan fingerprint density at radius 3 is 2.27 bits per heavy atom. The Hall–Kier alpha value is -1.50. The lowest BCUT2D eigenvalue weighted by molar-refractivity contribution is 0.0185. The van der Waals surface area contributed by atoms with Crippen LogP contribution in [0.15, 0.2) is 4.99 Å². The largest absolute Gasteiger partial charge is 0.444 e. The number of nitrogens with one attached hydrogen (secondary N) is 2. The van der Waals surface area contributed by atoms with Gasteiger partial charge in [-0.3, -0.25) is 4.99 Å². The topological polar surface area (TPSA) is 75.2 Å². The summed E-state index contributed by atoms with van der Waals surface area (Å²) in [6, 6.07) is 0. The van der Waals surface area contributed by atoms with Crippen molar-refractivity contribution in [2.45, 2.75) is 65.6 Å². The fourth-order valence-corrected chi connectivity index (χ4v) is 2.56. The van der Waals surface area contributed by atoms with Gasteiger partial charge < -0.3 is 25.0 Å². The van der Waals surface area contributed by atoms with Gasteiger partial charge in [0.25, 0.3) is 0 Å². The van der Waals surface area contributed by atoms with Gasteiger partial charge in [-0.25, -0.2) is 4.79 Å². The number of nitrogens with zero attached hydrogens (tertiary/aromatic N) is 2. The number of rotatable bonds is 6. The molecule has 1 amide bonds. The third-order valence-electron chi connectivity index (χ3n) is 4.34. The average molecular weight is 371 g/mol. The first kappa shape index (κ1) is 22.5. The molecule has 1 aliphatic heterocycles. The number of amides is 1. The zero-order valence-corrected chi connectivity index (χ0v) is 17.6. The van der Waals surface area contributed by atoms with Crippen molar-refractivity contribution in [3.05, 3.63) is 0 Å². The SMILES string of the molecule is CCNC(=NCC(C)(C)OC)NCC1CCN(C(=O)OC(C)(C)C)CC1. The lowest BCUT2D eigenvalue weighted by Crippen LogP contribution is -2.45. The molecule has 0 aromatic rings. The maximum absolute atomic E-state index is 12.1. The molecule has 1 fully saturated rings. The molecule has 1 aliphatic rings. The number of likely N-dealkylation sites (tertiary alicyclic amines) is 1. The number of carbonyl (C=O) groups excluding carboxylic acids is 1. The summed E-state index contributed by atoms with van der Waals surface area (Å²) in [6.07, 6.45) is 1.73. The van der Waals surface area contributed by atoms with E-state index in [-0.39, 0.29) is 11.7 Å². The minimum absolute atomic E-state index is 0.208. The van der Waals surface area contributed by atoms with Crippen LogP contribution < -0.4 is 10.6 Å². The molecule has 2 N–H and O–H groups in total. The standard InChI is InChI=1S/C19H38N4O3/c1-8-20-16(22-14-19(5,6)25-7)21-13-15-9-11-23(12-10-15)17(24)26-18(2,3)4/h15H,8-14H2,1-7H3,(H2,20,21,22). The van der Waals surface area contributed by atoms with Gasteiger partial charge in [0, 0.05) is 33.3 Å². The lowest BCUT2D eigenvalue weighted by atomic mass is 9.97. The van der Waals surface area contributed by atoms with E-state index in [1.807, 2.05) is 39.5 Å². The fourth-order valence-electron chi connectivity index (χ4n) is 2.56. The van der Waals surface area contributed by atoms with E-state index in [4.69, 9.17) is 9.47 Å². The molecular weight excluding hydrogens is 332 g/mol. The summed E-state index contributed by atoms with van der Waals surface area (Å²) < 4.78 is 10.9.